The van der Waals surface area contributed by atoms with Crippen molar-refractivity contribution < 1.29 is 29.0 Å². The van der Waals surface area contributed by atoms with Gasteiger partial charge in [-0.15, -0.1) is 0 Å². The number of alkyl carbamates (subject to hydrolysis) is 1. The largest absolute Gasteiger partial charge is 0.508 e. The highest BCUT2D eigenvalue weighted by Crippen LogP contribution is 2.28. The summed E-state index contributed by atoms with van der Waals surface area (Å²) in [5, 5.41) is 15.4. The molecule has 0 aromatic heterocycles. The topological polar surface area (TPSA) is 117 Å². The molecule has 2 unspecified atom stereocenters. The van der Waals surface area contributed by atoms with Crippen LogP contribution in [-0.4, -0.2) is 52.7 Å². The molecule has 0 aliphatic carbocycles. The molecule has 3 aromatic rings. The van der Waals surface area contributed by atoms with Gasteiger partial charge in [-0.1, -0.05) is 42.0 Å². The van der Waals surface area contributed by atoms with Gasteiger partial charge in [0.2, 0.25) is 5.91 Å². The number of nitrogens with one attached hydrogen (secondary N) is 2. The number of benzene rings is 3. The van der Waals surface area contributed by atoms with Crippen LogP contribution < -0.4 is 15.4 Å². The van der Waals surface area contributed by atoms with E-state index >= 15 is 0 Å². The normalized spacial score (nSPS) is 12.7. The van der Waals surface area contributed by atoms with Gasteiger partial charge in [0.25, 0.3) is 5.91 Å². The van der Waals surface area contributed by atoms with Gasteiger partial charge in [-0.05, 0) is 89.1 Å². The number of amides is 3. The Morgan fingerprint density at radius 1 is 0.952 bits per heavy atom. The highest BCUT2D eigenvalue weighted by atomic mass is 16.6. The first-order chi connectivity index (χ1) is 19.8. The van der Waals surface area contributed by atoms with Crippen molar-refractivity contribution in [3.63, 3.8) is 0 Å². The number of aromatic hydroxyl groups is 1. The number of carbonyl (C=O) groups is 3. The van der Waals surface area contributed by atoms with Gasteiger partial charge in [-0.25, -0.2) is 4.79 Å². The molecule has 0 radical (unpaired) electrons. The van der Waals surface area contributed by atoms with Crippen molar-refractivity contribution in [3.05, 3.63) is 89.5 Å². The average molecular weight is 576 g/mol. The third kappa shape index (κ3) is 8.99. The smallest absolute Gasteiger partial charge is 0.408 e. The third-order valence-corrected chi connectivity index (χ3v) is 6.42. The molecule has 3 amide bonds. The van der Waals surface area contributed by atoms with Gasteiger partial charge < -0.3 is 30.1 Å². The Bertz CT molecular complexity index is 1360. The molecule has 0 saturated carbocycles. The molecule has 0 fully saturated rings. The lowest BCUT2D eigenvalue weighted by Gasteiger charge is -2.37. The van der Waals surface area contributed by atoms with Gasteiger partial charge in [0.1, 0.15) is 29.2 Å². The summed E-state index contributed by atoms with van der Waals surface area (Å²) in [5.74, 6) is -0.137. The molecule has 224 valence electrons. The number of hydrogen-bond donors (Lipinski definition) is 3. The van der Waals surface area contributed by atoms with Crippen LogP contribution in [0.4, 0.5) is 10.5 Å². The molecule has 0 saturated heterocycles. The summed E-state index contributed by atoms with van der Waals surface area (Å²) in [5.41, 5.74) is 2.03. The Balaban J connectivity index is 2.04. The molecular weight excluding hydrogens is 534 g/mol. The quantitative estimate of drug-likeness (QED) is 0.283. The highest BCUT2D eigenvalue weighted by molar-refractivity contribution is 5.99. The Hall–Kier alpha value is -4.53. The number of methoxy groups -OCH3 is 1. The second-order valence-corrected chi connectivity index (χ2v) is 11.4. The maximum Gasteiger partial charge on any atom is 0.408 e. The number of phenols is 1. The van der Waals surface area contributed by atoms with Crippen molar-refractivity contribution in [2.75, 3.05) is 12.4 Å². The van der Waals surface area contributed by atoms with E-state index in [2.05, 4.69) is 10.6 Å². The zero-order valence-corrected chi connectivity index (χ0v) is 25.3. The van der Waals surface area contributed by atoms with Gasteiger partial charge in [0, 0.05) is 18.2 Å². The predicted molar refractivity (Wildman–Crippen MR) is 162 cm³/mol. The Morgan fingerprint density at radius 2 is 1.60 bits per heavy atom. The zero-order chi connectivity index (χ0) is 31.0. The Morgan fingerprint density at radius 3 is 2.14 bits per heavy atom. The number of anilines is 1. The fraction of sp³-hybridized carbons (Fsp3) is 0.364. The van der Waals surface area contributed by atoms with Crippen LogP contribution in [0.25, 0.3) is 0 Å². The standard InChI is InChI=1S/C33H41N3O6/c1-21(2)36(31(39)28(35-32(40)42-33(4,5)6)20-23-11-15-26(37)16-12-23)29(24-10-8-9-22(3)19-24)30(38)34-25-13-17-27(41-7)18-14-25/h8-19,21,28-29,37H,20H2,1-7H3,(H,34,38)(H,35,40). The van der Waals surface area contributed by atoms with E-state index in [1.807, 2.05) is 45.0 Å². The molecule has 3 N–H and O–H groups in total. The van der Waals surface area contributed by atoms with Crippen molar-refractivity contribution >= 4 is 23.6 Å². The van der Waals surface area contributed by atoms with Gasteiger partial charge in [0.15, 0.2) is 0 Å². The molecule has 42 heavy (non-hydrogen) atoms. The van der Waals surface area contributed by atoms with E-state index in [4.69, 9.17) is 9.47 Å². The predicted octanol–water partition coefficient (Wildman–Crippen LogP) is 5.76. The SMILES string of the molecule is COc1ccc(NC(=O)C(c2cccc(C)c2)N(C(=O)C(Cc2ccc(O)cc2)NC(=O)OC(C)(C)C)C(C)C)cc1. The minimum Gasteiger partial charge on any atom is -0.508 e. The average Bonchev–Trinajstić information content (AvgIpc) is 2.91. The molecule has 3 rings (SSSR count). The van der Waals surface area contributed by atoms with Crippen LogP contribution in [0.5, 0.6) is 11.5 Å². The lowest BCUT2D eigenvalue weighted by atomic mass is 9.97. The van der Waals surface area contributed by atoms with Crippen molar-refractivity contribution in [3.8, 4) is 11.5 Å². The summed E-state index contributed by atoms with van der Waals surface area (Å²) < 4.78 is 10.7. The van der Waals surface area contributed by atoms with Gasteiger partial charge in [-0.3, -0.25) is 9.59 Å². The first kappa shape index (κ1) is 32.0. The van der Waals surface area contributed by atoms with Crippen molar-refractivity contribution in [2.24, 2.45) is 0 Å². The van der Waals surface area contributed by atoms with Crippen LogP contribution >= 0.6 is 0 Å². The van der Waals surface area contributed by atoms with E-state index in [0.717, 1.165) is 5.56 Å². The fourth-order valence-electron chi connectivity index (χ4n) is 4.54. The maximum atomic E-state index is 14.4. The lowest BCUT2D eigenvalue weighted by Crippen LogP contribution is -2.55. The number of phenolic OH excluding ortho intramolecular Hbond substituents is 1. The van der Waals surface area contributed by atoms with E-state index in [0.29, 0.717) is 22.6 Å². The van der Waals surface area contributed by atoms with Crippen LogP contribution in [0.3, 0.4) is 0 Å². The summed E-state index contributed by atoms with van der Waals surface area (Å²) in [4.78, 5) is 42.8. The molecule has 2 atom stereocenters. The van der Waals surface area contributed by atoms with Crippen LogP contribution in [-0.2, 0) is 20.7 Å². The minimum atomic E-state index is -1.06. The fourth-order valence-corrected chi connectivity index (χ4v) is 4.54. The van der Waals surface area contributed by atoms with Crippen molar-refractivity contribution in [2.45, 2.75) is 71.7 Å². The zero-order valence-electron chi connectivity index (χ0n) is 25.3. The van der Waals surface area contributed by atoms with E-state index in [-0.39, 0.29) is 12.2 Å². The van der Waals surface area contributed by atoms with Crippen LogP contribution in [0.1, 0.15) is 57.4 Å². The molecule has 9 heteroatoms. The summed E-state index contributed by atoms with van der Waals surface area (Å²) >= 11 is 0. The van der Waals surface area contributed by atoms with Crippen LogP contribution in [0, 0.1) is 6.92 Å². The molecule has 0 aliphatic heterocycles. The van der Waals surface area contributed by atoms with Gasteiger partial charge >= 0.3 is 6.09 Å². The first-order valence-corrected chi connectivity index (χ1v) is 13.9. The molecule has 0 aliphatic rings. The van der Waals surface area contributed by atoms with Gasteiger partial charge in [0.05, 0.1) is 7.11 Å². The second-order valence-electron chi connectivity index (χ2n) is 11.4. The van der Waals surface area contributed by atoms with E-state index < -0.39 is 41.6 Å². The number of ether oxygens (including phenoxy) is 2. The molecular formula is C33H41N3O6. The minimum absolute atomic E-state index is 0.0836. The number of rotatable bonds is 10. The maximum absolute atomic E-state index is 14.4. The second kappa shape index (κ2) is 13.9. The number of carbonyl (C=O) groups excluding carboxylic acids is 3. The molecule has 0 spiro atoms. The molecule has 0 bridgehead atoms. The summed E-state index contributed by atoms with van der Waals surface area (Å²) in [6.07, 6.45) is -0.638. The van der Waals surface area contributed by atoms with Crippen LogP contribution in [0.15, 0.2) is 72.8 Å². The highest BCUT2D eigenvalue weighted by Gasteiger charge is 2.38. The Labute approximate surface area is 247 Å². The summed E-state index contributed by atoms with van der Waals surface area (Å²) in [6.45, 7) is 10.8. The number of nitrogens with zero attached hydrogens (tertiary/aromatic N) is 1. The summed E-state index contributed by atoms with van der Waals surface area (Å²) in [6, 6.07) is 18.3. The monoisotopic (exact) mass is 575 g/mol. The molecule has 3 aromatic carbocycles. The Kier molecular flexibility index (Phi) is 10.6. The molecule has 0 heterocycles. The van der Waals surface area contributed by atoms with Crippen molar-refractivity contribution in [1.82, 2.24) is 10.2 Å². The number of aryl methyl sites for hydroxylation is 1. The lowest BCUT2D eigenvalue weighted by molar-refractivity contribution is -0.142. The number of hydrogen-bond acceptors (Lipinski definition) is 6. The third-order valence-electron chi connectivity index (χ3n) is 6.42. The van der Waals surface area contributed by atoms with E-state index in [1.165, 1.54) is 17.0 Å². The summed E-state index contributed by atoms with van der Waals surface area (Å²) in [7, 11) is 1.56. The van der Waals surface area contributed by atoms with E-state index in [1.54, 1.807) is 64.3 Å². The van der Waals surface area contributed by atoms with Gasteiger partial charge in [-0.2, -0.15) is 0 Å². The first-order valence-electron chi connectivity index (χ1n) is 13.9. The van der Waals surface area contributed by atoms with Crippen LogP contribution in [0.2, 0.25) is 0 Å². The van der Waals surface area contributed by atoms with E-state index in [9.17, 15) is 19.5 Å². The van der Waals surface area contributed by atoms with Crippen molar-refractivity contribution in [1.29, 1.82) is 0 Å². The molecule has 9 nitrogen and oxygen atoms in total.